The summed E-state index contributed by atoms with van der Waals surface area (Å²) in [4.78, 5) is 17.1. The summed E-state index contributed by atoms with van der Waals surface area (Å²) in [5.41, 5.74) is 2.99. The largest absolute Gasteiger partial charge is 0.396 e. The Morgan fingerprint density at radius 2 is 1.95 bits per heavy atom. The lowest BCUT2D eigenvalue weighted by Crippen LogP contribution is -2.22. The zero-order valence-corrected chi connectivity index (χ0v) is 10.9. The van der Waals surface area contributed by atoms with Crippen LogP contribution in [0.5, 0.6) is 0 Å². The third-order valence-corrected chi connectivity index (χ3v) is 3.51. The van der Waals surface area contributed by atoms with Gasteiger partial charge in [-0.2, -0.15) is 0 Å². The minimum atomic E-state index is -0.0895. The van der Waals surface area contributed by atoms with E-state index < -0.39 is 0 Å². The second-order valence-corrected chi connectivity index (χ2v) is 4.64. The number of aliphatic hydroxyl groups is 1. The lowest BCUT2D eigenvalue weighted by Gasteiger charge is -2.04. The van der Waals surface area contributed by atoms with Crippen molar-refractivity contribution >= 4 is 16.8 Å². The highest BCUT2D eigenvalue weighted by atomic mass is 16.3. The summed E-state index contributed by atoms with van der Waals surface area (Å²) in [5, 5.41) is 9.08. The van der Waals surface area contributed by atoms with Crippen LogP contribution in [0.15, 0.2) is 29.1 Å². The molecule has 0 saturated carbocycles. The molecule has 3 aromatic rings. The first-order chi connectivity index (χ1) is 9.15. The number of aryl methyl sites for hydroxylation is 2. The van der Waals surface area contributed by atoms with Crippen molar-refractivity contribution in [2.75, 3.05) is 6.61 Å². The molecular weight excluding hydrogens is 242 g/mol. The zero-order valence-electron chi connectivity index (χ0n) is 10.9. The second kappa shape index (κ2) is 4.20. The molecule has 1 N–H and O–H groups in total. The minimum Gasteiger partial charge on any atom is -0.396 e. The van der Waals surface area contributed by atoms with Gasteiger partial charge in [0.05, 0.1) is 16.7 Å². The molecule has 0 saturated heterocycles. The topological polar surface area (TPSA) is 59.5 Å². The molecule has 0 amide bonds. The van der Waals surface area contributed by atoms with E-state index in [9.17, 15) is 4.79 Å². The van der Waals surface area contributed by atoms with Gasteiger partial charge in [0.25, 0.3) is 5.56 Å². The fourth-order valence-corrected chi connectivity index (χ4v) is 2.53. The van der Waals surface area contributed by atoms with Crippen molar-refractivity contribution in [1.29, 1.82) is 0 Å². The molecular formula is C14H15N3O2. The third kappa shape index (κ3) is 1.58. The van der Waals surface area contributed by atoms with Crippen LogP contribution in [0.2, 0.25) is 0 Å². The van der Waals surface area contributed by atoms with E-state index >= 15 is 0 Å². The fraction of sp³-hybridized carbons (Fsp3) is 0.286. The fourth-order valence-electron chi connectivity index (χ4n) is 2.53. The molecule has 0 aliphatic carbocycles. The van der Waals surface area contributed by atoms with E-state index in [1.807, 2.05) is 42.8 Å². The van der Waals surface area contributed by atoms with Crippen molar-refractivity contribution in [2.24, 2.45) is 7.05 Å². The van der Waals surface area contributed by atoms with Crippen molar-refractivity contribution in [3.05, 3.63) is 45.9 Å². The predicted molar refractivity (Wildman–Crippen MR) is 73.5 cm³/mol. The van der Waals surface area contributed by atoms with Gasteiger partial charge in [-0.15, -0.1) is 0 Å². The molecule has 5 heteroatoms. The van der Waals surface area contributed by atoms with Gasteiger partial charge in [-0.05, 0) is 19.1 Å². The minimum absolute atomic E-state index is 0.0470. The van der Waals surface area contributed by atoms with Crippen molar-refractivity contribution in [3.8, 4) is 0 Å². The first-order valence-electron chi connectivity index (χ1n) is 6.21. The molecule has 5 nitrogen and oxygen atoms in total. The molecule has 0 fully saturated rings. The summed E-state index contributed by atoms with van der Waals surface area (Å²) in [5.74, 6) is 0.630. The maximum Gasteiger partial charge on any atom is 0.263 e. The number of aromatic nitrogens is 3. The summed E-state index contributed by atoms with van der Waals surface area (Å²) < 4.78 is 3.53. The van der Waals surface area contributed by atoms with Gasteiger partial charge in [-0.3, -0.25) is 4.79 Å². The van der Waals surface area contributed by atoms with E-state index in [0.717, 1.165) is 11.0 Å². The molecule has 0 radical (unpaired) electrons. The van der Waals surface area contributed by atoms with Crippen LogP contribution in [-0.2, 0) is 13.5 Å². The van der Waals surface area contributed by atoms with Crippen LogP contribution in [0.1, 0.15) is 11.3 Å². The maximum atomic E-state index is 12.6. The average Bonchev–Trinajstić information content (AvgIpc) is 2.69. The Balaban J connectivity index is 2.55. The molecule has 0 atom stereocenters. The van der Waals surface area contributed by atoms with Gasteiger partial charge in [0, 0.05) is 25.6 Å². The predicted octanol–water partition coefficient (Wildman–Crippen LogP) is 1.03. The number of rotatable bonds is 2. The molecule has 0 aliphatic heterocycles. The first-order valence-corrected chi connectivity index (χ1v) is 6.21. The van der Waals surface area contributed by atoms with E-state index in [-0.39, 0.29) is 12.2 Å². The number of hydrogen-bond donors (Lipinski definition) is 1. The molecule has 3 rings (SSSR count). The van der Waals surface area contributed by atoms with Crippen molar-refractivity contribution < 1.29 is 5.11 Å². The number of aliphatic hydroxyl groups excluding tert-OH is 1. The van der Waals surface area contributed by atoms with Crippen LogP contribution in [0.25, 0.3) is 16.8 Å². The van der Waals surface area contributed by atoms with Gasteiger partial charge in [0.1, 0.15) is 0 Å². The summed E-state index contributed by atoms with van der Waals surface area (Å²) in [7, 11) is 1.90. The van der Waals surface area contributed by atoms with Crippen LogP contribution in [0.4, 0.5) is 0 Å². The highest BCUT2D eigenvalue weighted by Gasteiger charge is 2.15. The summed E-state index contributed by atoms with van der Waals surface area (Å²) >= 11 is 0. The lowest BCUT2D eigenvalue weighted by molar-refractivity contribution is 0.298. The van der Waals surface area contributed by atoms with Crippen molar-refractivity contribution in [3.63, 3.8) is 0 Å². The van der Waals surface area contributed by atoms with Gasteiger partial charge < -0.3 is 9.67 Å². The van der Waals surface area contributed by atoms with Crippen LogP contribution in [0, 0.1) is 6.92 Å². The third-order valence-electron chi connectivity index (χ3n) is 3.51. The Hall–Kier alpha value is -2.14. The highest BCUT2D eigenvalue weighted by molar-refractivity contribution is 5.80. The zero-order chi connectivity index (χ0) is 13.6. The van der Waals surface area contributed by atoms with Crippen LogP contribution < -0.4 is 5.56 Å². The van der Waals surface area contributed by atoms with E-state index in [4.69, 9.17) is 5.11 Å². The highest BCUT2D eigenvalue weighted by Crippen LogP contribution is 2.17. The van der Waals surface area contributed by atoms with Gasteiger partial charge in [0.15, 0.2) is 0 Å². The molecule has 2 heterocycles. The number of fused-ring (bicyclic) bond motifs is 3. The van der Waals surface area contributed by atoms with Crippen LogP contribution in [-0.4, -0.2) is 25.7 Å². The Labute approximate surface area is 109 Å². The van der Waals surface area contributed by atoms with Crippen molar-refractivity contribution in [1.82, 2.24) is 14.0 Å². The molecule has 0 spiro atoms. The van der Waals surface area contributed by atoms with Gasteiger partial charge >= 0.3 is 0 Å². The average molecular weight is 257 g/mol. The summed E-state index contributed by atoms with van der Waals surface area (Å²) in [6.45, 7) is 1.76. The molecule has 19 heavy (non-hydrogen) atoms. The first kappa shape index (κ1) is 11.9. The van der Waals surface area contributed by atoms with Crippen LogP contribution >= 0.6 is 0 Å². The summed E-state index contributed by atoms with van der Waals surface area (Å²) in [6.07, 6.45) is 0.337. The Kier molecular flexibility index (Phi) is 2.64. The number of imidazole rings is 1. The lowest BCUT2D eigenvalue weighted by atomic mass is 10.2. The molecule has 1 aromatic carbocycles. The molecule has 0 unspecified atom stereocenters. The molecule has 98 valence electrons. The van der Waals surface area contributed by atoms with Gasteiger partial charge in [-0.1, -0.05) is 12.1 Å². The Morgan fingerprint density at radius 3 is 2.63 bits per heavy atom. The van der Waals surface area contributed by atoms with Crippen molar-refractivity contribution in [2.45, 2.75) is 13.3 Å². The quantitative estimate of drug-likeness (QED) is 0.746. The van der Waals surface area contributed by atoms with E-state index in [0.29, 0.717) is 23.5 Å². The monoisotopic (exact) mass is 257 g/mol. The Morgan fingerprint density at radius 1 is 1.26 bits per heavy atom. The van der Waals surface area contributed by atoms with Gasteiger partial charge in [0.2, 0.25) is 5.78 Å². The number of nitrogens with zero attached hydrogens (tertiary/aromatic N) is 3. The Bertz CT molecular complexity index is 830. The number of hydrogen-bond acceptors (Lipinski definition) is 3. The number of benzene rings is 1. The maximum absolute atomic E-state index is 12.6. The van der Waals surface area contributed by atoms with Gasteiger partial charge in [-0.25, -0.2) is 9.38 Å². The standard InChI is InChI=1S/C14H15N3O2/c1-9-10(7-8-18)13(19)17-12-6-4-3-5-11(12)16(2)14(17)15-9/h3-6,18H,7-8H2,1-2H3. The van der Waals surface area contributed by atoms with E-state index in [2.05, 4.69) is 4.98 Å². The van der Waals surface area contributed by atoms with Crippen LogP contribution in [0.3, 0.4) is 0 Å². The molecule has 0 bridgehead atoms. The summed E-state index contributed by atoms with van der Waals surface area (Å²) in [6, 6.07) is 7.71. The van der Waals surface area contributed by atoms with E-state index in [1.54, 1.807) is 4.40 Å². The van der Waals surface area contributed by atoms with E-state index in [1.165, 1.54) is 0 Å². The normalized spacial score (nSPS) is 11.5. The molecule has 0 aliphatic rings. The smallest absolute Gasteiger partial charge is 0.263 e. The second-order valence-electron chi connectivity index (χ2n) is 4.64. The SMILES string of the molecule is Cc1nc2n(C)c3ccccc3n2c(=O)c1CCO. The molecule has 2 aromatic heterocycles. The number of para-hydroxylation sites is 2.